The van der Waals surface area contributed by atoms with Crippen LogP contribution in [-0.4, -0.2) is 60.6 Å². The molecule has 3 heteroatoms. The van der Waals surface area contributed by atoms with Crippen molar-refractivity contribution in [1.82, 2.24) is 15.1 Å². The Hall–Kier alpha value is -0.120. The second-order valence-electron chi connectivity index (χ2n) is 7.29. The third-order valence-corrected chi connectivity index (χ3v) is 5.10. The molecule has 2 aliphatic rings. The normalized spacial score (nSPS) is 38.8. The van der Waals surface area contributed by atoms with E-state index in [2.05, 4.69) is 49.9 Å². The zero-order valence-electron chi connectivity index (χ0n) is 13.5. The minimum Gasteiger partial charge on any atom is -0.311 e. The molecule has 2 heterocycles. The maximum atomic E-state index is 3.74. The molecule has 2 fully saturated rings. The second-order valence-corrected chi connectivity index (χ2v) is 7.29. The summed E-state index contributed by atoms with van der Waals surface area (Å²) in [5.74, 6) is 0.796. The van der Waals surface area contributed by atoms with Gasteiger partial charge >= 0.3 is 0 Å². The van der Waals surface area contributed by atoms with Gasteiger partial charge in [-0.2, -0.15) is 0 Å². The van der Waals surface area contributed by atoms with Crippen molar-refractivity contribution in [2.45, 2.75) is 71.1 Å². The molecule has 1 N–H and O–H groups in total. The fourth-order valence-electron chi connectivity index (χ4n) is 3.76. The highest BCUT2D eigenvalue weighted by molar-refractivity contribution is 4.91. The van der Waals surface area contributed by atoms with E-state index in [1.54, 1.807) is 0 Å². The first-order valence-electron chi connectivity index (χ1n) is 8.16. The number of likely N-dealkylation sites (tertiary alicyclic amines) is 1. The Morgan fingerprint density at radius 1 is 1.21 bits per heavy atom. The molecule has 0 bridgehead atoms. The molecule has 3 nitrogen and oxygen atoms in total. The van der Waals surface area contributed by atoms with Gasteiger partial charge in [0.25, 0.3) is 0 Å². The lowest BCUT2D eigenvalue weighted by atomic mass is 9.93. The molecule has 0 radical (unpaired) electrons. The Kier molecular flexibility index (Phi) is 5.27. The maximum absolute atomic E-state index is 3.74. The van der Waals surface area contributed by atoms with Crippen LogP contribution in [0.4, 0.5) is 0 Å². The minimum absolute atomic E-state index is 0.698. The quantitative estimate of drug-likeness (QED) is 0.845. The van der Waals surface area contributed by atoms with E-state index in [9.17, 15) is 0 Å². The fourth-order valence-corrected chi connectivity index (χ4v) is 3.76. The molecule has 0 aromatic carbocycles. The van der Waals surface area contributed by atoms with E-state index in [1.165, 1.54) is 32.4 Å². The molecule has 0 spiro atoms. The van der Waals surface area contributed by atoms with Gasteiger partial charge in [0, 0.05) is 37.3 Å². The van der Waals surface area contributed by atoms with Crippen LogP contribution in [0.3, 0.4) is 0 Å². The molecule has 0 aromatic rings. The van der Waals surface area contributed by atoms with Crippen LogP contribution in [0.15, 0.2) is 0 Å². The van der Waals surface area contributed by atoms with Crippen LogP contribution < -0.4 is 5.32 Å². The van der Waals surface area contributed by atoms with E-state index in [1.807, 2.05) is 0 Å². The van der Waals surface area contributed by atoms with Gasteiger partial charge in [-0.05, 0) is 52.6 Å². The summed E-state index contributed by atoms with van der Waals surface area (Å²) in [6.07, 6.45) is 4.00. The monoisotopic (exact) mass is 267 g/mol. The van der Waals surface area contributed by atoms with Crippen molar-refractivity contribution in [3.8, 4) is 0 Å². The van der Waals surface area contributed by atoms with E-state index in [0.717, 1.165) is 24.5 Å². The molecular formula is C16H33N3. The van der Waals surface area contributed by atoms with E-state index in [4.69, 9.17) is 0 Å². The Balaban J connectivity index is 1.93. The predicted molar refractivity (Wildman–Crippen MR) is 82.5 cm³/mol. The van der Waals surface area contributed by atoms with Crippen LogP contribution >= 0.6 is 0 Å². The Labute approximate surface area is 119 Å². The van der Waals surface area contributed by atoms with Crippen LogP contribution in [0, 0.1) is 5.92 Å². The average Bonchev–Trinajstić information content (AvgIpc) is 2.34. The molecule has 19 heavy (non-hydrogen) atoms. The van der Waals surface area contributed by atoms with Gasteiger partial charge in [-0.3, -0.25) is 4.90 Å². The summed E-state index contributed by atoms with van der Waals surface area (Å²) in [6, 6.07) is 2.94. The zero-order valence-corrected chi connectivity index (χ0v) is 13.5. The molecule has 0 saturated carbocycles. The molecule has 0 amide bonds. The second kappa shape index (κ2) is 6.55. The standard InChI is InChI=1S/C16H33N3/c1-12(2)8-15-11-19(14(4)10-17-15)16-6-7-18(5)13(3)9-16/h12-17H,6-11H2,1-5H3. The van der Waals surface area contributed by atoms with Gasteiger partial charge in [0.15, 0.2) is 0 Å². The van der Waals surface area contributed by atoms with Crippen molar-refractivity contribution < 1.29 is 0 Å². The van der Waals surface area contributed by atoms with E-state index >= 15 is 0 Å². The number of nitrogens with one attached hydrogen (secondary N) is 1. The van der Waals surface area contributed by atoms with Crippen molar-refractivity contribution in [2.24, 2.45) is 5.92 Å². The van der Waals surface area contributed by atoms with Gasteiger partial charge in [0.2, 0.25) is 0 Å². The summed E-state index contributed by atoms with van der Waals surface area (Å²) in [4.78, 5) is 5.31. The largest absolute Gasteiger partial charge is 0.311 e. The van der Waals surface area contributed by atoms with Crippen molar-refractivity contribution >= 4 is 0 Å². The zero-order chi connectivity index (χ0) is 14.0. The maximum Gasteiger partial charge on any atom is 0.0198 e. The van der Waals surface area contributed by atoms with Gasteiger partial charge < -0.3 is 10.2 Å². The van der Waals surface area contributed by atoms with Crippen LogP contribution in [0.1, 0.15) is 47.0 Å². The highest BCUT2D eigenvalue weighted by Crippen LogP contribution is 2.25. The average molecular weight is 267 g/mol. The molecule has 0 aromatic heterocycles. The Morgan fingerprint density at radius 2 is 1.95 bits per heavy atom. The van der Waals surface area contributed by atoms with Crippen molar-refractivity contribution in [2.75, 3.05) is 26.7 Å². The molecule has 112 valence electrons. The van der Waals surface area contributed by atoms with E-state index < -0.39 is 0 Å². The first kappa shape index (κ1) is 15.3. The lowest BCUT2D eigenvalue weighted by Gasteiger charge is -2.47. The summed E-state index contributed by atoms with van der Waals surface area (Å²) in [5, 5.41) is 3.74. The lowest BCUT2D eigenvalue weighted by molar-refractivity contribution is 0.0338. The third-order valence-electron chi connectivity index (χ3n) is 5.10. The van der Waals surface area contributed by atoms with Gasteiger partial charge in [-0.25, -0.2) is 0 Å². The number of rotatable bonds is 3. The van der Waals surface area contributed by atoms with Crippen molar-refractivity contribution in [1.29, 1.82) is 0 Å². The number of piperazine rings is 1. The molecule has 2 rings (SSSR count). The molecule has 0 aliphatic carbocycles. The molecule has 4 atom stereocenters. The summed E-state index contributed by atoms with van der Waals surface area (Å²) in [6.45, 7) is 13.1. The van der Waals surface area contributed by atoms with Gasteiger partial charge in [-0.1, -0.05) is 13.8 Å². The van der Waals surface area contributed by atoms with Crippen LogP contribution in [0.25, 0.3) is 0 Å². The molecule has 2 saturated heterocycles. The highest BCUT2D eigenvalue weighted by Gasteiger charge is 2.33. The fraction of sp³-hybridized carbons (Fsp3) is 1.00. The Morgan fingerprint density at radius 3 is 2.58 bits per heavy atom. The minimum atomic E-state index is 0.698. The smallest absolute Gasteiger partial charge is 0.0198 e. The number of hydrogen-bond acceptors (Lipinski definition) is 3. The number of hydrogen-bond donors (Lipinski definition) is 1. The molecular weight excluding hydrogens is 234 g/mol. The van der Waals surface area contributed by atoms with Crippen molar-refractivity contribution in [3.63, 3.8) is 0 Å². The third kappa shape index (κ3) is 3.93. The first-order valence-corrected chi connectivity index (χ1v) is 8.16. The predicted octanol–water partition coefficient (Wildman–Crippen LogP) is 2.18. The van der Waals surface area contributed by atoms with Gasteiger partial charge in [-0.15, -0.1) is 0 Å². The first-order chi connectivity index (χ1) is 8.97. The summed E-state index contributed by atoms with van der Waals surface area (Å²) < 4.78 is 0. The van der Waals surface area contributed by atoms with Gasteiger partial charge in [0.05, 0.1) is 0 Å². The Bertz CT molecular complexity index is 279. The summed E-state index contributed by atoms with van der Waals surface area (Å²) in [7, 11) is 2.27. The molecule has 2 aliphatic heterocycles. The highest BCUT2D eigenvalue weighted by atomic mass is 15.3. The van der Waals surface area contributed by atoms with Gasteiger partial charge in [0.1, 0.15) is 0 Å². The van der Waals surface area contributed by atoms with E-state index in [-0.39, 0.29) is 0 Å². The lowest BCUT2D eigenvalue weighted by Crippen LogP contribution is -2.60. The number of piperidine rings is 1. The van der Waals surface area contributed by atoms with Crippen molar-refractivity contribution in [3.05, 3.63) is 0 Å². The molecule has 4 unspecified atom stereocenters. The van der Waals surface area contributed by atoms with Crippen LogP contribution in [0.2, 0.25) is 0 Å². The summed E-state index contributed by atoms with van der Waals surface area (Å²) >= 11 is 0. The van der Waals surface area contributed by atoms with E-state index in [0.29, 0.717) is 12.1 Å². The SMILES string of the molecule is CC(C)CC1CN(C2CCN(C)C(C)C2)C(C)CN1. The summed E-state index contributed by atoms with van der Waals surface area (Å²) in [5.41, 5.74) is 0. The van der Waals surface area contributed by atoms with Crippen LogP contribution in [-0.2, 0) is 0 Å². The van der Waals surface area contributed by atoms with Crippen LogP contribution in [0.5, 0.6) is 0 Å². The number of nitrogens with zero attached hydrogens (tertiary/aromatic N) is 2. The topological polar surface area (TPSA) is 18.5 Å².